The predicted molar refractivity (Wildman–Crippen MR) is 116 cm³/mol. The number of rotatable bonds is 3. The van der Waals surface area contributed by atoms with Crippen LogP contribution >= 0.6 is 0 Å². The van der Waals surface area contributed by atoms with Crippen molar-refractivity contribution in [2.45, 2.75) is 70.7 Å². The fraction of sp³-hybridized carbons (Fsp3) is 0.542. The molecule has 4 rings (SSSR count). The van der Waals surface area contributed by atoms with E-state index in [1.165, 1.54) is 17.7 Å². The topological polar surface area (TPSA) is 58.6 Å². The lowest BCUT2D eigenvalue weighted by Crippen LogP contribution is -2.51. The average Bonchev–Trinajstić information content (AvgIpc) is 2.71. The van der Waals surface area contributed by atoms with E-state index in [1.54, 1.807) is 0 Å². The van der Waals surface area contributed by atoms with Crippen molar-refractivity contribution in [3.05, 3.63) is 59.2 Å². The fourth-order valence-corrected chi connectivity index (χ4v) is 4.62. The van der Waals surface area contributed by atoms with Gasteiger partial charge in [0.25, 0.3) is 0 Å². The van der Waals surface area contributed by atoms with Crippen LogP contribution < -0.4 is 0 Å². The van der Waals surface area contributed by atoms with Crippen LogP contribution in [0.25, 0.3) is 0 Å². The molecule has 0 saturated carbocycles. The molecule has 2 atom stereocenters. The Kier molecular flexibility index (Phi) is 5.78. The normalized spacial score (nSPS) is 21.2. The van der Waals surface area contributed by atoms with Crippen LogP contribution in [0, 0.1) is 0 Å². The Labute approximate surface area is 179 Å². The minimum Gasteiger partial charge on any atom is -0.444 e. The van der Waals surface area contributed by atoms with Crippen LogP contribution in [0.1, 0.15) is 62.2 Å². The highest BCUT2D eigenvalue weighted by Gasteiger charge is 2.35. The monoisotopic (exact) mass is 408 g/mol. The molecule has 2 aromatic heterocycles. The lowest BCUT2D eigenvalue weighted by Gasteiger charge is -2.41. The first-order valence-corrected chi connectivity index (χ1v) is 10.9. The molecule has 0 aromatic carbocycles. The summed E-state index contributed by atoms with van der Waals surface area (Å²) in [5.41, 5.74) is 4.20. The summed E-state index contributed by atoms with van der Waals surface area (Å²) < 4.78 is 5.74. The highest BCUT2D eigenvalue weighted by Crippen LogP contribution is 2.33. The van der Waals surface area contributed by atoms with Gasteiger partial charge in [0.1, 0.15) is 5.60 Å². The first-order valence-electron chi connectivity index (χ1n) is 10.9. The van der Waals surface area contributed by atoms with E-state index in [2.05, 4.69) is 29.1 Å². The highest BCUT2D eigenvalue weighted by molar-refractivity contribution is 5.69. The van der Waals surface area contributed by atoms with Crippen LogP contribution in [0.3, 0.4) is 0 Å². The second-order valence-electron chi connectivity index (χ2n) is 9.47. The van der Waals surface area contributed by atoms with Crippen LogP contribution in [-0.4, -0.2) is 51.1 Å². The quantitative estimate of drug-likeness (QED) is 0.764. The second kappa shape index (κ2) is 8.34. The largest absolute Gasteiger partial charge is 0.444 e. The summed E-state index contributed by atoms with van der Waals surface area (Å²) in [7, 11) is 2.15. The molecular formula is C24H32N4O2. The van der Waals surface area contributed by atoms with Gasteiger partial charge in [-0.25, -0.2) is 4.79 Å². The Morgan fingerprint density at radius 1 is 1.20 bits per heavy atom. The van der Waals surface area contributed by atoms with Crippen molar-refractivity contribution in [3.63, 3.8) is 0 Å². The molecule has 0 spiro atoms. The van der Waals surface area contributed by atoms with Crippen LogP contribution in [-0.2, 0) is 24.1 Å². The van der Waals surface area contributed by atoms with E-state index in [9.17, 15) is 4.79 Å². The van der Waals surface area contributed by atoms with Gasteiger partial charge in [-0.2, -0.15) is 0 Å². The molecule has 1 aliphatic heterocycles. The molecule has 2 aromatic rings. The van der Waals surface area contributed by atoms with E-state index >= 15 is 0 Å². The van der Waals surface area contributed by atoms with Crippen molar-refractivity contribution in [1.29, 1.82) is 0 Å². The van der Waals surface area contributed by atoms with E-state index in [-0.39, 0.29) is 18.2 Å². The number of hydrogen-bond donors (Lipinski definition) is 0. The van der Waals surface area contributed by atoms with E-state index < -0.39 is 5.60 Å². The van der Waals surface area contributed by atoms with Gasteiger partial charge in [-0.1, -0.05) is 12.1 Å². The van der Waals surface area contributed by atoms with Crippen molar-refractivity contribution >= 4 is 6.09 Å². The van der Waals surface area contributed by atoms with Gasteiger partial charge in [0, 0.05) is 31.1 Å². The number of aryl methyl sites for hydroxylation is 1. The zero-order valence-corrected chi connectivity index (χ0v) is 18.5. The Bertz CT molecular complexity index is 908. The third kappa shape index (κ3) is 4.48. The first kappa shape index (κ1) is 20.8. The number of pyridine rings is 2. The maximum Gasteiger partial charge on any atom is 0.410 e. The minimum atomic E-state index is -0.519. The number of amides is 1. The van der Waals surface area contributed by atoms with E-state index in [4.69, 9.17) is 9.72 Å². The maximum atomic E-state index is 13.0. The van der Waals surface area contributed by atoms with Crippen LogP contribution in [0.15, 0.2) is 36.7 Å². The van der Waals surface area contributed by atoms with Crippen LogP contribution in [0.4, 0.5) is 4.79 Å². The second-order valence-corrected chi connectivity index (χ2v) is 9.47. The lowest BCUT2D eigenvalue weighted by molar-refractivity contribution is 0.00619. The first-order chi connectivity index (χ1) is 14.3. The predicted octanol–water partition coefficient (Wildman–Crippen LogP) is 4.15. The highest BCUT2D eigenvalue weighted by atomic mass is 16.6. The Balaban J connectivity index is 1.56. The number of hydrogen-bond acceptors (Lipinski definition) is 5. The van der Waals surface area contributed by atoms with Gasteiger partial charge < -0.3 is 4.74 Å². The summed E-state index contributed by atoms with van der Waals surface area (Å²) in [4.78, 5) is 26.6. The molecule has 2 aliphatic rings. The Morgan fingerprint density at radius 2 is 1.93 bits per heavy atom. The summed E-state index contributed by atoms with van der Waals surface area (Å²) in [6, 6.07) is 8.50. The number of fused-ring (bicyclic) bond motifs is 2. The zero-order chi connectivity index (χ0) is 21.3. The maximum absolute atomic E-state index is 13.0. The molecule has 1 aliphatic carbocycles. The standard InChI is InChI=1S/C24H32N4O2/c1-24(2,3)30-23(29)28-15-18-10-7-12-25-20(18)14-19(28)16-27(4)21-11-5-8-17-9-6-13-26-22(17)21/h6-7,9-10,12-13,19,21H,5,8,11,14-16H2,1-4H3/t19-,21-/m0/s1. The summed E-state index contributed by atoms with van der Waals surface area (Å²) in [5, 5.41) is 0. The summed E-state index contributed by atoms with van der Waals surface area (Å²) in [5.74, 6) is 0. The zero-order valence-electron chi connectivity index (χ0n) is 18.5. The Hall–Kier alpha value is -2.47. The smallest absolute Gasteiger partial charge is 0.410 e. The molecule has 6 nitrogen and oxygen atoms in total. The number of carbonyl (C=O) groups is 1. The molecule has 0 bridgehead atoms. The molecule has 160 valence electrons. The third-order valence-corrected chi connectivity index (χ3v) is 6.02. The molecule has 0 radical (unpaired) electrons. The van der Waals surface area contributed by atoms with Gasteiger partial charge in [-0.3, -0.25) is 19.8 Å². The summed E-state index contributed by atoms with van der Waals surface area (Å²) in [6.07, 6.45) is 7.56. The van der Waals surface area contributed by atoms with Gasteiger partial charge in [0.2, 0.25) is 0 Å². The van der Waals surface area contributed by atoms with Gasteiger partial charge >= 0.3 is 6.09 Å². The van der Waals surface area contributed by atoms with Crippen LogP contribution in [0.2, 0.25) is 0 Å². The van der Waals surface area contributed by atoms with E-state index in [0.717, 1.165) is 37.1 Å². The fourth-order valence-electron chi connectivity index (χ4n) is 4.62. The van der Waals surface area contributed by atoms with Gasteiger partial charge in [0.15, 0.2) is 0 Å². The van der Waals surface area contributed by atoms with Gasteiger partial charge in [-0.05, 0) is 70.3 Å². The van der Waals surface area contributed by atoms with Crippen LogP contribution in [0.5, 0.6) is 0 Å². The molecule has 30 heavy (non-hydrogen) atoms. The molecule has 6 heteroatoms. The number of nitrogens with zero attached hydrogens (tertiary/aromatic N) is 4. The van der Waals surface area contributed by atoms with Crippen molar-refractivity contribution in [2.24, 2.45) is 0 Å². The SMILES string of the molecule is CN(C[C@@H]1Cc2ncccc2CN1C(=O)OC(C)(C)C)[C@H]1CCCc2cccnc21. The number of aromatic nitrogens is 2. The van der Waals surface area contributed by atoms with Crippen molar-refractivity contribution in [3.8, 4) is 0 Å². The molecule has 0 N–H and O–H groups in total. The molecular weight excluding hydrogens is 376 g/mol. The number of carbonyl (C=O) groups excluding carboxylic acids is 1. The lowest BCUT2D eigenvalue weighted by atomic mass is 9.90. The number of likely N-dealkylation sites (N-methyl/N-ethyl adjacent to an activating group) is 1. The number of ether oxygens (including phenoxy) is 1. The molecule has 0 fully saturated rings. The summed E-state index contributed by atoms with van der Waals surface area (Å²) >= 11 is 0. The third-order valence-electron chi connectivity index (χ3n) is 6.02. The molecule has 3 heterocycles. The molecule has 0 saturated heterocycles. The molecule has 1 amide bonds. The van der Waals surface area contributed by atoms with E-state index in [0.29, 0.717) is 6.54 Å². The van der Waals surface area contributed by atoms with Crippen molar-refractivity contribution < 1.29 is 9.53 Å². The average molecular weight is 409 g/mol. The van der Waals surface area contributed by atoms with Crippen molar-refractivity contribution in [1.82, 2.24) is 19.8 Å². The summed E-state index contributed by atoms with van der Waals surface area (Å²) in [6.45, 7) is 7.04. The molecule has 0 unspecified atom stereocenters. The minimum absolute atomic E-state index is 0.0151. The van der Waals surface area contributed by atoms with Crippen molar-refractivity contribution in [2.75, 3.05) is 13.6 Å². The van der Waals surface area contributed by atoms with E-state index in [1.807, 2.05) is 50.2 Å². The Morgan fingerprint density at radius 3 is 2.70 bits per heavy atom. The van der Waals surface area contributed by atoms with Gasteiger partial charge in [0.05, 0.1) is 24.3 Å². The van der Waals surface area contributed by atoms with Gasteiger partial charge in [-0.15, -0.1) is 0 Å².